The van der Waals surface area contributed by atoms with E-state index in [-0.39, 0.29) is 31.0 Å². The van der Waals surface area contributed by atoms with E-state index in [1.54, 1.807) is 12.0 Å². The van der Waals surface area contributed by atoms with Gasteiger partial charge in [0.1, 0.15) is 18.9 Å². The van der Waals surface area contributed by atoms with Crippen molar-refractivity contribution in [2.75, 3.05) is 58.5 Å². The normalized spacial score (nSPS) is 14.9. The molecule has 0 radical (unpaired) electrons. The average molecular weight is 470 g/mol. The molecule has 2 heterocycles. The first kappa shape index (κ1) is 25.4. The molecule has 184 valence electrons. The van der Waals surface area contributed by atoms with Crippen molar-refractivity contribution < 1.29 is 19.1 Å². The van der Waals surface area contributed by atoms with Gasteiger partial charge < -0.3 is 24.2 Å². The van der Waals surface area contributed by atoms with Gasteiger partial charge in [-0.25, -0.2) is 0 Å². The third-order valence-corrected chi connectivity index (χ3v) is 6.21. The number of hydrogen-bond donors (Lipinski definition) is 0. The first-order valence-corrected chi connectivity index (χ1v) is 11.8. The molecule has 1 aromatic heterocycles. The number of aromatic nitrogens is 2. The summed E-state index contributed by atoms with van der Waals surface area (Å²) in [7, 11) is 3.13. The summed E-state index contributed by atoms with van der Waals surface area (Å²) in [5.41, 5.74) is 1.72. The number of nitrogens with zero attached hydrogens (tertiary/aromatic N) is 5. The Morgan fingerprint density at radius 2 is 1.91 bits per heavy atom. The highest BCUT2D eigenvalue weighted by Crippen LogP contribution is 2.23. The minimum absolute atomic E-state index is 0.0180. The molecule has 0 spiro atoms. The van der Waals surface area contributed by atoms with E-state index in [1.165, 1.54) is 7.11 Å². The number of ether oxygens (including phenoxy) is 2. The lowest BCUT2D eigenvalue weighted by molar-refractivity contribution is -0.144. The molecule has 1 fully saturated rings. The van der Waals surface area contributed by atoms with Gasteiger partial charge in [-0.3, -0.25) is 9.59 Å². The SMILES string of the molecule is CC[C@H](C)N(CC(=O)N1CCCN(c2ccc(-c3cccc(OC)c3)nn2)CC1)C(=O)COC. The molecule has 1 aliphatic heterocycles. The van der Waals surface area contributed by atoms with Crippen LogP contribution in [-0.2, 0) is 14.3 Å². The van der Waals surface area contributed by atoms with Gasteiger partial charge in [-0.1, -0.05) is 19.1 Å². The van der Waals surface area contributed by atoms with E-state index in [2.05, 4.69) is 15.1 Å². The number of carbonyl (C=O) groups is 2. The molecule has 2 aromatic rings. The van der Waals surface area contributed by atoms with Gasteiger partial charge >= 0.3 is 0 Å². The third kappa shape index (κ3) is 6.44. The highest BCUT2D eigenvalue weighted by molar-refractivity contribution is 5.85. The average Bonchev–Trinajstić information content (AvgIpc) is 3.13. The van der Waals surface area contributed by atoms with E-state index in [9.17, 15) is 9.59 Å². The maximum absolute atomic E-state index is 13.0. The zero-order chi connectivity index (χ0) is 24.5. The topological polar surface area (TPSA) is 88.1 Å². The number of benzene rings is 1. The van der Waals surface area contributed by atoms with Crippen LogP contribution in [0.2, 0.25) is 0 Å². The monoisotopic (exact) mass is 469 g/mol. The molecule has 1 atom stereocenters. The predicted molar refractivity (Wildman–Crippen MR) is 131 cm³/mol. The number of amides is 2. The lowest BCUT2D eigenvalue weighted by Crippen LogP contribution is -2.48. The first-order chi connectivity index (χ1) is 16.5. The van der Waals surface area contributed by atoms with Crippen LogP contribution in [0.3, 0.4) is 0 Å². The molecule has 0 N–H and O–H groups in total. The van der Waals surface area contributed by atoms with Gasteiger partial charge in [0.25, 0.3) is 0 Å². The molecule has 3 rings (SSSR count). The molecular formula is C25H35N5O4. The van der Waals surface area contributed by atoms with E-state index >= 15 is 0 Å². The predicted octanol–water partition coefficient (Wildman–Crippen LogP) is 2.46. The summed E-state index contributed by atoms with van der Waals surface area (Å²) in [6, 6.07) is 11.6. The fraction of sp³-hybridized carbons (Fsp3) is 0.520. The van der Waals surface area contributed by atoms with Crippen LogP contribution in [0.5, 0.6) is 5.75 Å². The van der Waals surface area contributed by atoms with Gasteiger partial charge in [-0.05, 0) is 44.0 Å². The maximum Gasteiger partial charge on any atom is 0.249 e. The number of rotatable bonds is 9. The Morgan fingerprint density at radius 3 is 2.59 bits per heavy atom. The van der Waals surface area contributed by atoms with Crippen LogP contribution in [0, 0.1) is 0 Å². The quantitative estimate of drug-likeness (QED) is 0.557. The van der Waals surface area contributed by atoms with Gasteiger partial charge in [0, 0.05) is 44.9 Å². The van der Waals surface area contributed by atoms with E-state index in [0.29, 0.717) is 19.6 Å². The van der Waals surface area contributed by atoms with Crippen LogP contribution >= 0.6 is 0 Å². The van der Waals surface area contributed by atoms with E-state index in [1.807, 2.05) is 55.1 Å². The lowest BCUT2D eigenvalue weighted by Gasteiger charge is -2.30. The zero-order valence-electron chi connectivity index (χ0n) is 20.6. The molecular weight excluding hydrogens is 434 g/mol. The molecule has 1 aliphatic rings. The van der Waals surface area contributed by atoms with Crippen molar-refractivity contribution in [1.82, 2.24) is 20.0 Å². The van der Waals surface area contributed by atoms with E-state index in [4.69, 9.17) is 9.47 Å². The Morgan fingerprint density at radius 1 is 1.09 bits per heavy atom. The highest BCUT2D eigenvalue weighted by Gasteiger charge is 2.26. The highest BCUT2D eigenvalue weighted by atomic mass is 16.5. The summed E-state index contributed by atoms with van der Waals surface area (Å²) in [6.07, 6.45) is 1.60. The van der Waals surface area contributed by atoms with Crippen molar-refractivity contribution in [3.05, 3.63) is 36.4 Å². The van der Waals surface area contributed by atoms with Crippen LogP contribution in [0.1, 0.15) is 26.7 Å². The van der Waals surface area contributed by atoms with Crippen LogP contribution in [0.15, 0.2) is 36.4 Å². The Kier molecular flexibility index (Phi) is 9.21. The van der Waals surface area contributed by atoms with Crippen LogP contribution < -0.4 is 9.64 Å². The van der Waals surface area contributed by atoms with Crippen molar-refractivity contribution >= 4 is 17.6 Å². The van der Waals surface area contributed by atoms with Crippen molar-refractivity contribution in [1.29, 1.82) is 0 Å². The van der Waals surface area contributed by atoms with Crippen LogP contribution in [0.4, 0.5) is 5.82 Å². The first-order valence-electron chi connectivity index (χ1n) is 11.8. The molecule has 0 bridgehead atoms. The summed E-state index contributed by atoms with van der Waals surface area (Å²) < 4.78 is 10.3. The fourth-order valence-corrected chi connectivity index (χ4v) is 3.99. The standard InChI is InChI=1S/C25H35N5O4/c1-5-19(2)30(25(32)18-33-3)17-24(31)29-13-7-12-28(14-15-29)23-11-10-22(26-27-23)20-8-6-9-21(16-20)34-4/h6,8-11,16,19H,5,7,12-15,17-18H2,1-4H3/t19-/m0/s1. The van der Waals surface area contributed by atoms with Crippen LogP contribution in [-0.4, -0.2) is 91.4 Å². The number of carbonyl (C=O) groups excluding carboxylic acids is 2. The largest absolute Gasteiger partial charge is 0.497 e. The lowest BCUT2D eigenvalue weighted by atomic mass is 10.1. The van der Waals surface area contributed by atoms with Gasteiger partial charge in [0.15, 0.2) is 5.82 Å². The Bertz CT molecular complexity index is 953. The molecule has 1 saturated heterocycles. The maximum atomic E-state index is 13.0. The minimum atomic E-state index is -0.159. The second kappa shape index (κ2) is 12.3. The Balaban J connectivity index is 1.62. The van der Waals surface area contributed by atoms with E-state index < -0.39 is 0 Å². The van der Waals surface area contributed by atoms with Gasteiger partial charge in [-0.15, -0.1) is 10.2 Å². The molecule has 0 aliphatic carbocycles. The molecule has 0 saturated carbocycles. The van der Waals surface area contributed by atoms with Gasteiger partial charge in [-0.2, -0.15) is 0 Å². The molecule has 2 amide bonds. The third-order valence-electron chi connectivity index (χ3n) is 6.21. The van der Waals surface area contributed by atoms with Crippen molar-refractivity contribution in [3.8, 4) is 17.0 Å². The second-order valence-corrected chi connectivity index (χ2v) is 8.44. The Hall–Kier alpha value is -3.20. The zero-order valence-corrected chi connectivity index (χ0v) is 20.6. The number of anilines is 1. The fourth-order valence-electron chi connectivity index (χ4n) is 3.99. The Labute approximate surface area is 201 Å². The number of methoxy groups -OCH3 is 2. The molecule has 0 unspecified atom stereocenters. The summed E-state index contributed by atoms with van der Waals surface area (Å²) in [5.74, 6) is 1.37. The van der Waals surface area contributed by atoms with Crippen molar-refractivity contribution in [3.63, 3.8) is 0 Å². The summed E-state index contributed by atoms with van der Waals surface area (Å²) >= 11 is 0. The minimum Gasteiger partial charge on any atom is -0.497 e. The van der Waals surface area contributed by atoms with Gasteiger partial charge in [0.2, 0.25) is 11.8 Å². The van der Waals surface area contributed by atoms with E-state index in [0.717, 1.165) is 42.2 Å². The van der Waals surface area contributed by atoms with Crippen molar-refractivity contribution in [2.45, 2.75) is 32.7 Å². The molecule has 34 heavy (non-hydrogen) atoms. The smallest absolute Gasteiger partial charge is 0.249 e. The summed E-state index contributed by atoms with van der Waals surface area (Å²) in [6.45, 7) is 6.69. The molecule has 1 aromatic carbocycles. The molecule has 9 heteroatoms. The summed E-state index contributed by atoms with van der Waals surface area (Å²) in [4.78, 5) is 31.1. The number of hydrogen-bond acceptors (Lipinski definition) is 7. The van der Waals surface area contributed by atoms with Crippen LogP contribution in [0.25, 0.3) is 11.3 Å². The molecule has 9 nitrogen and oxygen atoms in total. The van der Waals surface area contributed by atoms with Crippen molar-refractivity contribution in [2.24, 2.45) is 0 Å². The summed E-state index contributed by atoms with van der Waals surface area (Å²) in [5, 5.41) is 8.84. The second-order valence-electron chi connectivity index (χ2n) is 8.44. The van der Waals surface area contributed by atoms with Gasteiger partial charge in [0.05, 0.1) is 12.8 Å².